The summed E-state index contributed by atoms with van der Waals surface area (Å²) >= 11 is 24.1. The van der Waals surface area contributed by atoms with Crippen LogP contribution in [0.3, 0.4) is 0 Å². The van der Waals surface area contributed by atoms with E-state index in [-0.39, 0.29) is 43.6 Å². The van der Waals surface area contributed by atoms with E-state index >= 15 is 0 Å². The average molecular weight is 553 g/mol. The van der Waals surface area contributed by atoms with Crippen LogP contribution in [-0.2, 0) is 9.59 Å². The number of nitrogen functional groups attached to an aromatic ring is 1. The predicted octanol–water partition coefficient (Wildman–Crippen LogP) is 6.82. The summed E-state index contributed by atoms with van der Waals surface area (Å²) in [5.74, 6) is -1.48. The molecule has 35 heavy (non-hydrogen) atoms. The summed E-state index contributed by atoms with van der Waals surface area (Å²) in [5.41, 5.74) is 7.26. The number of amides is 2. The molecule has 3 aromatic carbocycles. The van der Waals surface area contributed by atoms with Gasteiger partial charge in [-0.2, -0.15) is 10.2 Å². The van der Waals surface area contributed by atoms with Crippen molar-refractivity contribution in [3.05, 3.63) is 80.3 Å². The maximum Gasteiger partial charge on any atom is 0.255 e. The molecule has 0 aliphatic carbocycles. The highest BCUT2D eigenvalue weighted by Gasteiger charge is 2.14. The van der Waals surface area contributed by atoms with E-state index < -0.39 is 24.0 Å². The molecule has 180 valence electrons. The van der Waals surface area contributed by atoms with Crippen LogP contribution in [0.5, 0.6) is 0 Å². The minimum absolute atomic E-state index is 0.163. The number of nitrogens with zero attached hydrogens (tertiary/aromatic N) is 2. The second-order valence-corrected chi connectivity index (χ2v) is 8.78. The van der Waals surface area contributed by atoms with Gasteiger partial charge in [-0.05, 0) is 48.5 Å². The van der Waals surface area contributed by atoms with Crippen LogP contribution >= 0.6 is 46.4 Å². The first kappa shape index (κ1) is 26.4. The molecule has 12 heteroatoms. The Morgan fingerprint density at radius 1 is 0.829 bits per heavy atom. The normalized spacial score (nSPS) is 10.9. The number of hydrogen-bond donors (Lipinski definition) is 3. The van der Waals surface area contributed by atoms with Crippen LogP contribution in [0.2, 0.25) is 20.1 Å². The van der Waals surface area contributed by atoms with Crippen molar-refractivity contribution in [2.24, 2.45) is 10.2 Å². The number of benzene rings is 3. The third kappa shape index (κ3) is 7.66. The summed E-state index contributed by atoms with van der Waals surface area (Å²) in [4.78, 5) is 36.7. The molecule has 0 bridgehead atoms. The number of carbonyl (C=O) groups is 3. The van der Waals surface area contributed by atoms with E-state index in [1.165, 1.54) is 30.3 Å². The maximum atomic E-state index is 12.6. The molecule has 0 spiro atoms. The monoisotopic (exact) mass is 551 g/mol. The van der Waals surface area contributed by atoms with Crippen LogP contribution < -0.4 is 16.4 Å². The van der Waals surface area contributed by atoms with Gasteiger partial charge in [-0.25, -0.2) is 0 Å². The third-order valence-electron chi connectivity index (χ3n) is 4.42. The highest BCUT2D eigenvalue weighted by molar-refractivity contribution is 6.44. The smallest absolute Gasteiger partial charge is 0.255 e. The quantitative estimate of drug-likeness (QED) is 0.123. The molecule has 0 heterocycles. The lowest BCUT2D eigenvalue weighted by atomic mass is 10.2. The van der Waals surface area contributed by atoms with Crippen LogP contribution in [0, 0.1) is 0 Å². The lowest BCUT2D eigenvalue weighted by Crippen LogP contribution is -2.17. The van der Waals surface area contributed by atoms with Gasteiger partial charge in [0.25, 0.3) is 5.91 Å². The molecular formula is C23H17Cl4N5O3. The Morgan fingerprint density at radius 2 is 1.57 bits per heavy atom. The number of nitrogens with two attached hydrogens (primary N) is 1. The van der Waals surface area contributed by atoms with Crippen molar-refractivity contribution in [2.45, 2.75) is 6.42 Å². The summed E-state index contributed by atoms with van der Waals surface area (Å²) in [6.45, 7) is -0.351. The fraction of sp³-hybridized carbons (Fsp3) is 0.0870. The molecule has 0 aliphatic rings. The molecule has 0 fully saturated rings. The second kappa shape index (κ2) is 12.0. The van der Waals surface area contributed by atoms with E-state index in [0.29, 0.717) is 11.4 Å². The molecule has 4 N–H and O–H groups in total. The molecule has 0 aliphatic heterocycles. The van der Waals surface area contributed by atoms with Crippen LogP contribution in [0.4, 0.5) is 22.7 Å². The van der Waals surface area contributed by atoms with Crippen molar-refractivity contribution in [3.8, 4) is 0 Å². The number of halogens is 4. The van der Waals surface area contributed by atoms with Crippen molar-refractivity contribution in [3.63, 3.8) is 0 Å². The Kier molecular flexibility index (Phi) is 9.06. The van der Waals surface area contributed by atoms with Gasteiger partial charge >= 0.3 is 0 Å². The zero-order chi connectivity index (χ0) is 25.5. The number of Topliss-reactive ketones (excluding diaryl/α,β-unsaturated/α-hetero) is 1. The highest BCUT2D eigenvalue weighted by Crippen LogP contribution is 2.33. The summed E-state index contributed by atoms with van der Waals surface area (Å²) < 4.78 is 0. The second-order valence-electron chi connectivity index (χ2n) is 7.16. The van der Waals surface area contributed by atoms with Crippen molar-refractivity contribution >= 4 is 86.8 Å². The molecule has 0 atom stereocenters. The number of carbonyl (C=O) groups excluding carboxylic acids is 3. The Bertz CT molecular complexity index is 1330. The zero-order valence-electron chi connectivity index (χ0n) is 17.8. The lowest BCUT2D eigenvalue weighted by molar-refractivity contribution is -0.124. The minimum Gasteiger partial charge on any atom is -0.399 e. The Labute approximate surface area is 220 Å². The lowest BCUT2D eigenvalue weighted by Gasteiger charge is -2.09. The Hall–Kier alpha value is -3.17. The van der Waals surface area contributed by atoms with Crippen LogP contribution in [0.25, 0.3) is 0 Å². The molecule has 8 nitrogen and oxygen atoms in total. The van der Waals surface area contributed by atoms with Crippen LogP contribution in [-0.4, -0.2) is 24.1 Å². The molecule has 0 saturated heterocycles. The molecule has 0 saturated carbocycles. The Morgan fingerprint density at radius 3 is 2.31 bits per heavy atom. The summed E-state index contributed by atoms with van der Waals surface area (Å²) in [5, 5.41) is 13.8. The van der Waals surface area contributed by atoms with Gasteiger partial charge < -0.3 is 16.4 Å². The van der Waals surface area contributed by atoms with Crippen molar-refractivity contribution in [2.75, 3.05) is 22.9 Å². The zero-order valence-corrected chi connectivity index (χ0v) is 20.8. The first-order valence-corrected chi connectivity index (χ1v) is 11.4. The molecular weight excluding hydrogens is 536 g/mol. The van der Waals surface area contributed by atoms with E-state index in [4.69, 9.17) is 52.1 Å². The predicted molar refractivity (Wildman–Crippen MR) is 139 cm³/mol. The topological polar surface area (TPSA) is 126 Å². The van der Waals surface area contributed by atoms with Gasteiger partial charge in [-0.3, -0.25) is 14.4 Å². The first-order chi connectivity index (χ1) is 16.6. The van der Waals surface area contributed by atoms with Gasteiger partial charge in [0, 0.05) is 16.9 Å². The van der Waals surface area contributed by atoms with E-state index in [1.807, 2.05) is 0 Å². The molecule has 0 unspecified atom stereocenters. The largest absolute Gasteiger partial charge is 0.399 e. The molecule has 3 rings (SSSR count). The first-order valence-electron chi connectivity index (χ1n) is 9.92. The van der Waals surface area contributed by atoms with Gasteiger partial charge in [0.05, 0.1) is 32.2 Å². The standard InChI is InChI=1S/C23H17Cl4N5O3/c24-16-5-4-12(23(35)31-20-10-18(26)17(25)9-19(20)27)6-21(16)32-29-11-15(33)8-22(34)30-14-3-1-2-13(28)7-14/h1-7,9-10H,8,11,28H2,(H,30,34)(H,31,35). The number of anilines is 3. The molecule has 0 aromatic heterocycles. The third-order valence-corrected chi connectivity index (χ3v) is 5.77. The Balaban J connectivity index is 1.60. The van der Waals surface area contributed by atoms with Gasteiger partial charge in [0.1, 0.15) is 12.2 Å². The van der Waals surface area contributed by atoms with Crippen molar-refractivity contribution in [1.82, 2.24) is 0 Å². The van der Waals surface area contributed by atoms with Crippen LogP contribution in [0.15, 0.2) is 64.8 Å². The van der Waals surface area contributed by atoms with Crippen LogP contribution in [0.1, 0.15) is 16.8 Å². The fourth-order valence-electron chi connectivity index (χ4n) is 2.79. The van der Waals surface area contributed by atoms with E-state index in [0.717, 1.165) is 0 Å². The van der Waals surface area contributed by atoms with E-state index in [1.54, 1.807) is 24.3 Å². The van der Waals surface area contributed by atoms with Gasteiger partial charge in [0.15, 0.2) is 5.78 Å². The molecule has 2 amide bonds. The summed E-state index contributed by atoms with van der Waals surface area (Å²) in [6.07, 6.45) is -0.394. The van der Waals surface area contributed by atoms with Crippen molar-refractivity contribution < 1.29 is 14.4 Å². The number of nitrogens with one attached hydrogen (secondary N) is 2. The number of ketones is 1. The van der Waals surface area contributed by atoms with Gasteiger partial charge in [0.2, 0.25) is 5.91 Å². The number of hydrogen-bond acceptors (Lipinski definition) is 6. The average Bonchev–Trinajstić information content (AvgIpc) is 2.78. The van der Waals surface area contributed by atoms with Crippen molar-refractivity contribution in [1.29, 1.82) is 0 Å². The van der Waals surface area contributed by atoms with Gasteiger partial charge in [-0.15, -0.1) is 0 Å². The molecule has 3 aromatic rings. The van der Waals surface area contributed by atoms with E-state index in [2.05, 4.69) is 20.9 Å². The highest BCUT2D eigenvalue weighted by atomic mass is 35.5. The number of rotatable bonds is 8. The minimum atomic E-state index is -0.507. The fourth-order valence-corrected chi connectivity index (χ4v) is 3.54. The van der Waals surface area contributed by atoms with E-state index in [9.17, 15) is 14.4 Å². The molecule has 0 radical (unpaired) electrons. The van der Waals surface area contributed by atoms with Gasteiger partial charge in [-0.1, -0.05) is 52.5 Å². The number of azo groups is 1. The summed E-state index contributed by atoms with van der Waals surface area (Å²) in [6, 6.07) is 13.7. The maximum absolute atomic E-state index is 12.6. The summed E-state index contributed by atoms with van der Waals surface area (Å²) in [7, 11) is 0. The SMILES string of the molecule is Nc1cccc(NC(=O)CC(=O)CN=Nc2cc(C(=O)Nc3cc(Cl)c(Cl)cc3Cl)ccc2Cl)c1.